The molecule has 0 saturated heterocycles. The SMILES string of the molecule is CCC(C)Oc1cccc(NC(=O)COc2ccc(C(C)(C)C)cc2)c1. The first-order valence-corrected chi connectivity index (χ1v) is 9.08. The van der Waals surface area contributed by atoms with Gasteiger partial charge < -0.3 is 14.8 Å². The van der Waals surface area contributed by atoms with Crippen molar-refractivity contribution < 1.29 is 14.3 Å². The van der Waals surface area contributed by atoms with E-state index in [4.69, 9.17) is 9.47 Å². The summed E-state index contributed by atoms with van der Waals surface area (Å²) in [5.74, 6) is 1.23. The molecule has 1 unspecified atom stereocenters. The second kappa shape index (κ2) is 8.75. The quantitative estimate of drug-likeness (QED) is 0.744. The number of amides is 1. The van der Waals surface area contributed by atoms with E-state index < -0.39 is 0 Å². The molecule has 26 heavy (non-hydrogen) atoms. The smallest absolute Gasteiger partial charge is 0.262 e. The third-order valence-electron chi connectivity index (χ3n) is 4.12. The van der Waals surface area contributed by atoms with Crippen LogP contribution in [0.1, 0.15) is 46.6 Å². The van der Waals surface area contributed by atoms with Gasteiger partial charge in [-0.3, -0.25) is 4.79 Å². The van der Waals surface area contributed by atoms with Crippen LogP contribution < -0.4 is 14.8 Å². The fourth-order valence-corrected chi connectivity index (χ4v) is 2.36. The molecule has 0 fully saturated rings. The van der Waals surface area contributed by atoms with E-state index in [9.17, 15) is 4.79 Å². The molecule has 140 valence electrons. The van der Waals surface area contributed by atoms with Crippen molar-refractivity contribution in [3.05, 3.63) is 54.1 Å². The minimum Gasteiger partial charge on any atom is -0.491 e. The summed E-state index contributed by atoms with van der Waals surface area (Å²) in [4.78, 5) is 12.1. The van der Waals surface area contributed by atoms with E-state index in [0.29, 0.717) is 11.4 Å². The molecule has 4 nitrogen and oxygen atoms in total. The van der Waals surface area contributed by atoms with Crippen LogP contribution in [0.5, 0.6) is 11.5 Å². The van der Waals surface area contributed by atoms with Gasteiger partial charge in [0, 0.05) is 11.8 Å². The Kier molecular flexibility index (Phi) is 6.67. The van der Waals surface area contributed by atoms with Gasteiger partial charge in [0.15, 0.2) is 6.61 Å². The van der Waals surface area contributed by atoms with Crippen LogP contribution >= 0.6 is 0 Å². The van der Waals surface area contributed by atoms with Gasteiger partial charge in [0.1, 0.15) is 11.5 Å². The number of anilines is 1. The van der Waals surface area contributed by atoms with Crippen molar-refractivity contribution in [2.45, 2.75) is 52.6 Å². The maximum absolute atomic E-state index is 12.1. The fraction of sp³-hybridized carbons (Fsp3) is 0.409. The lowest BCUT2D eigenvalue weighted by atomic mass is 9.87. The molecule has 0 heterocycles. The normalized spacial score (nSPS) is 12.3. The summed E-state index contributed by atoms with van der Waals surface area (Å²) in [6.45, 7) is 10.5. The van der Waals surface area contributed by atoms with Gasteiger partial charge in [-0.2, -0.15) is 0 Å². The molecule has 0 aromatic heterocycles. The number of ether oxygens (including phenoxy) is 2. The maximum atomic E-state index is 12.1. The third kappa shape index (κ3) is 6.10. The monoisotopic (exact) mass is 355 g/mol. The molecule has 0 radical (unpaired) electrons. The second-order valence-electron chi connectivity index (χ2n) is 7.48. The summed E-state index contributed by atoms with van der Waals surface area (Å²) < 4.78 is 11.3. The first-order valence-electron chi connectivity index (χ1n) is 9.08. The summed E-state index contributed by atoms with van der Waals surface area (Å²) in [7, 11) is 0. The first-order chi connectivity index (χ1) is 12.3. The Morgan fingerprint density at radius 2 is 1.77 bits per heavy atom. The van der Waals surface area contributed by atoms with Crippen molar-refractivity contribution in [2.75, 3.05) is 11.9 Å². The zero-order valence-electron chi connectivity index (χ0n) is 16.3. The molecule has 0 aliphatic rings. The summed E-state index contributed by atoms with van der Waals surface area (Å²) in [6.07, 6.45) is 1.07. The van der Waals surface area contributed by atoms with E-state index in [2.05, 4.69) is 33.0 Å². The molecule has 0 bridgehead atoms. The molecule has 0 aliphatic heterocycles. The summed E-state index contributed by atoms with van der Waals surface area (Å²) in [6, 6.07) is 15.3. The second-order valence-corrected chi connectivity index (χ2v) is 7.48. The summed E-state index contributed by atoms with van der Waals surface area (Å²) in [5, 5.41) is 2.84. The van der Waals surface area contributed by atoms with E-state index in [1.165, 1.54) is 5.56 Å². The van der Waals surface area contributed by atoms with Crippen molar-refractivity contribution in [3.8, 4) is 11.5 Å². The Hall–Kier alpha value is -2.49. The molecule has 2 aromatic rings. The van der Waals surface area contributed by atoms with Crippen LogP contribution in [0.25, 0.3) is 0 Å². The van der Waals surface area contributed by atoms with Gasteiger partial charge in [-0.1, -0.05) is 45.9 Å². The first kappa shape index (κ1) is 19.8. The minimum atomic E-state index is -0.203. The largest absolute Gasteiger partial charge is 0.491 e. The van der Waals surface area contributed by atoms with Crippen LogP contribution in [0.4, 0.5) is 5.69 Å². The average Bonchev–Trinajstić information content (AvgIpc) is 2.60. The molecule has 0 spiro atoms. The fourth-order valence-electron chi connectivity index (χ4n) is 2.36. The molecule has 1 atom stereocenters. The van der Waals surface area contributed by atoms with Crippen molar-refractivity contribution in [1.29, 1.82) is 0 Å². The van der Waals surface area contributed by atoms with Crippen molar-refractivity contribution in [3.63, 3.8) is 0 Å². The van der Waals surface area contributed by atoms with Crippen molar-refractivity contribution in [1.82, 2.24) is 0 Å². The molecule has 0 saturated carbocycles. The van der Waals surface area contributed by atoms with Gasteiger partial charge in [-0.15, -0.1) is 0 Å². The zero-order chi connectivity index (χ0) is 19.2. The number of benzene rings is 2. The number of hydrogen-bond acceptors (Lipinski definition) is 3. The highest BCUT2D eigenvalue weighted by molar-refractivity contribution is 5.92. The van der Waals surface area contributed by atoms with Crippen LogP contribution in [0.2, 0.25) is 0 Å². The molecule has 1 amide bonds. The standard InChI is InChI=1S/C22H29NO3/c1-6-16(2)26-20-9-7-8-18(14-20)23-21(24)15-25-19-12-10-17(11-13-19)22(3,4)5/h7-14,16H,6,15H2,1-5H3,(H,23,24). The zero-order valence-corrected chi connectivity index (χ0v) is 16.3. The van der Waals surface area contributed by atoms with Gasteiger partial charge in [0.2, 0.25) is 0 Å². The summed E-state index contributed by atoms with van der Waals surface area (Å²) >= 11 is 0. The molecular formula is C22H29NO3. The van der Waals surface area contributed by atoms with Gasteiger partial charge in [-0.05, 0) is 48.6 Å². The highest BCUT2D eigenvalue weighted by Gasteiger charge is 2.13. The van der Waals surface area contributed by atoms with E-state index >= 15 is 0 Å². The number of nitrogens with one attached hydrogen (secondary N) is 1. The highest BCUT2D eigenvalue weighted by atomic mass is 16.5. The van der Waals surface area contributed by atoms with E-state index in [0.717, 1.165) is 12.2 Å². The van der Waals surface area contributed by atoms with Crippen molar-refractivity contribution >= 4 is 11.6 Å². The van der Waals surface area contributed by atoms with E-state index in [1.807, 2.05) is 55.5 Å². The van der Waals surface area contributed by atoms with Crippen LogP contribution in [0.3, 0.4) is 0 Å². The lowest BCUT2D eigenvalue weighted by molar-refractivity contribution is -0.118. The molecule has 4 heteroatoms. The molecule has 0 aliphatic carbocycles. The topological polar surface area (TPSA) is 47.6 Å². The minimum absolute atomic E-state index is 0.0364. The van der Waals surface area contributed by atoms with Gasteiger partial charge in [0.05, 0.1) is 6.10 Å². The molecule has 1 N–H and O–H groups in total. The number of carbonyl (C=O) groups excluding carboxylic acids is 1. The lowest BCUT2D eigenvalue weighted by Gasteiger charge is -2.19. The predicted octanol–water partition coefficient (Wildman–Crippen LogP) is 5.18. The maximum Gasteiger partial charge on any atom is 0.262 e. The summed E-state index contributed by atoms with van der Waals surface area (Å²) in [5.41, 5.74) is 2.02. The molecule has 2 aromatic carbocycles. The third-order valence-corrected chi connectivity index (χ3v) is 4.12. The Morgan fingerprint density at radius 3 is 2.38 bits per heavy atom. The average molecular weight is 355 g/mol. The van der Waals surface area contributed by atoms with Crippen LogP contribution in [-0.4, -0.2) is 18.6 Å². The van der Waals surface area contributed by atoms with E-state index in [-0.39, 0.29) is 24.0 Å². The Labute approximate surface area is 156 Å². The van der Waals surface area contributed by atoms with Gasteiger partial charge in [0.25, 0.3) is 5.91 Å². The number of rotatable bonds is 7. The van der Waals surface area contributed by atoms with Gasteiger partial charge in [-0.25, -0.2) is 0 Å². The molecular weight excluding hydrogens is 326 g/mol. The van der Waals surface area contributed by atoms with Crippen LogP contribution in [0, 0.1) is 0 Å². The van der Waals surface area contributed by atoms with Crippen LogP contribution in [0.15, 0.2) is 48.5 Å². The number of hydrogen-bond donors (Lipinski definition) is 1. The molecule has 2 rings (SSSR count). The Bertz CT molecular complexity index is 717. The Balaban J connectivity index is 1.88. The predicted molar refractivity (Wildman–Crippen MR) is 106 cm³/mol. The number of carbonyl (C=O) groups is 1. The highest BCUT2D eigenvalue weighted by Crippen LogP contribution is 2.24. The van der Waals surface area contributed by atoms with Gasteiger partial charge >= 0.3 is 0 Å². The van der Waals surface area contributed by atoms with Crippen molar-refractivity contribution in [2.24, 2.45) is 0 Å². The Morgan fingerprint density at radius 1 is 1.08 bits per heavy atom. The lowest BCUT2D eigenvalue weighted by Crippen LogP contribution is -2.20. The van der Waals surface area contributed by atoms with E-state index in [1.54, 1.807) is 0 Å². The van der Waals surface area contributed by atoms with Crippen LogP contribution in [-0.2, 0) is 10.2 Å².